The third-order valence-electron chi connectivity index (χ3n) is 2.47. The lowest BCUT2D eigenvalue weighted by atomic mass is 10.7. The van der Waals surface area contributed by atoms with Crippen molar-refractivity contribution in [1.29, 1.82) is 0 Å². The van der Waals surface area contributed by atoms with E-state index >= 15 is 0 Å². The molecule has 0 bridgehead atoms. The minimum atomic E-state index is -0.110. The first-order valence-corrected chi connectivity index (χ1v) is 9.48. The maximum atomic E-state index is 5.99. The van der Waals surface area contributed by atoms with Crippen LogP contribution < -0.4 is 4.78 Å². The van der Waals surface area contributed by atoms with Crippen LogP contribution in [0.15, 0.2) is 0 Å². The minimum absolute atomic E-state index is 0.110. The van der Waals surface area contributed by atoms with Gasteiger partial charge in [0.25, 0.3) is 0 Å². The van der Waals surface area contributed by atoms with Crippen LogP contribution in [0.1, 0.15) is 0 Å². The molecular weight excluding hydrogens is 286 g/mol. The van der Waals surface area contributed by atoms with Gasteiger partial charge >= 0.3 is 0 Å². The average Bonchev–Trinajstić information content (AvgIpc) is 2.41. The number of thioether (sulfide) groups is 1. The summed E-state index contributed by atoms with van der Waals surface area (Å²) >= 11 is 1.85. The van der Waals surface area contributed by atoms with Gasteiger partial charge in [0, 0.05) is 22.2 Å². The van der Waals surface area contributed by atoms with E-state index in [0.717, 1.165) is 36.2 Å². The topological polar surface area (TPSA) is 62.5 Å². The van der Waals surface area contributed by atoms with Crippen LogP contribution in [0.2, 0.25) is 0 Å². The summed E-state index contributed by atoms with van der Waals surface area (Å²) in [5.41, 5.74) is 0. The van der Waals surface area contributed by atoms with Crippen LogP contribution >= 0.6 is 11.8 Å². The van der Waals surface area contributed by atoms with E-state index in [-0.39, 0.29) is 10.7 Å². The van der Waals surface area contributed by atoms with Gasteiger partial charge in [-0.3, -0.25) is 0 Å². The zero-order valence-corrected chi connectivity index (χ0v) is 13.1. The summed E-state index contributed by atoms with van der Waals surface area (Å²) < 4.78 is 27.9. The van der Waals surface area contributed by atoms with Gasteiger partial charge in [0.2, 0.25) is 0 Å². The number of hydrogen-bond donors (Lipinski definition) is 1. The van der Waals surface area contributed by atoms with Crippen molar-refractivity contribution in [2.75, 3.05) is 75.9 Å². The maximum Gasteiger partial charge on any atom is 0.0700 e. The van der Waals surface area contributed by atoms with E-state index in [1.807, 2.05) is 11.8 Å². The SMILES string of the molecule is [NH2+]=S1CCOCCOCCSCCOCCOCC1. The van der Waals surface area contributed by atoms with E-state index in [4.69, 9.17) is 23.7 Å². The van der Waals surface area contributed by atoms with Crippen molar-refractivity contribution >= 4 is 22.5 Å². The number of hydrogen-bond acceptors (Lipinski definition) is 5. The molecule has 0 aromatic carbocycles. The highest BCUT2D eigenvalue weighted by Gasteiger charge is 2.02. The van der Waals surface area contributed by atoms with Gasteiger partial charge in [-0.05, 0) is 0 Å². The van der Waals surface area contributed by atoms with E-state index in [2.05, 4.69) is 0 Å². The van der Waals surface area contributed by atoms with Crippen molar-refractivity contribution in [1.82, 2.24) is 0 Å². The second-order valence-electron chi connectivity index (χ2n) is 4.01. The summed E-state index contributed by atoms with van der Waals surface area (Å²) in [6.07, 6.45) is 0. The first kappa shape index (κ1) is 17.4. The molecule has 0 unspecified atom stereocenters. The molecule has 0 aromatic rings. The van der Waals surface area contributed by atoms with Crippen molar-refractivity contribution in [2.24, 2.45) is 0 Å². The zero-order chi connectivity index (χ0) is 13.6. The van der Waals surface area contributed by atoms with Crippen molar-refractivity contribution in [2.45, 2.75) is 0 Å². The van der Waals surface area contributed by atoms with Crippen molar-refractivity contribution in [3.8, 4) is 0 Å². The Morgan fingerprint density at radius 3 is 1.53 bits per heavy atom. The quantitative estimate of drug-likeness (QED) is 0.645. The van der Waals surface area contributed by atoms with Gasteiger partial charge in [0.15, 0.2) is 0 Å². The summed E-state index contributed by atoms with van der Waals surface area (Å²) in [5, 5.41) is 0. The molecule has 1 saturated heterocycles. The third kappa shape index (κ3) is 11.8. The Hall–Kier alpha value is 0.340. The van der Waals surface area contributed by atoms with Gasteiger partial charge in [-0.15, -0.1) is 0 Å². The molecule has 0 amide bonds. The van der Waals surface area contributed by atoms with Crippen molar-refractivity contribution in [3.63, 3.8) is 0 Å². The largest absolute Gasteiger partial charge is 0.378 e. The zero-order valence-electron chi connectivity index (χ0n) is 11.5. The van der Waals surface area contributed by atoms with E-state index in [9.17, 15) is 0 Å². The first-order chi connectivity index (χ1) is 9.39. The summed E-state index contributed by atoms with van der Waals surface area (Å²) in [5.74, 6) is 3.81. The Kier molecular flexibility index (Phi) is 12.2. The fourth-order valence-electron chi connectivity index (χ4n) is 1.42. The van der Waals surface area contributed by atoms with E-state index in [0.29, 0.717) is 39.6 Å². The lowest BCUT2D eigenvalue weighted by molar-refractivity contribution is -0.0768. The Morgan fingerprint density at radius 1 is 0.632 bits per heavy atom. The molecule has 0 spiro atoms. The van der Waals surface area contributed by atoms with Gasteiger partial charge < -0.3 is 18.9 Å². The fraction of sp³-hybridized carbons (Fsp3) is 1.00. The van der Waals surface area contributed by atoms with E-state index < -0.39 is 0 Å². The molecule has 0 aromatic heterocycles. The van der Waals surface area contributed by atoms with Crippen LogP contribution in [0.25, 0.3) is 0 Å². The van der Waals surface area contributed by atoms with Gasteiger partial charge in [0.05, 0.1) is 64.4 Å². The Bertz CT molecular complexity index is 212. The highest BCUT2D eigenvalue weighted by Crippen LogP contribution is 1.99. The Labute approximate surface area is 122 Å². The molecule has 7 heteroatoms. The molecule has 5 nitrogen and oxygen atoms in total. The molecule has 19 heavy (non-hydrogen) atoms. The molecule has 1 fully saturated rings. The molecule has 1 aliphatic rings. The van der Waals surface area contributed by atoms with Crippen LogP contribution in [0.3, 0.4) is 0 Å². The summed E-state index contributed by atoms with van der Waals surface area (Å²) in [4.78, 5) is 0. The summed E-state index contributed by atoms with van der Waals surface area (Å²) in [7, 11) is -0.110. The molecule has 2 N–H and O–H groups in total. The highest BCUT2D eigenvalue weighted by atomic mass is 32.2. The lowest BCUT2D eigenvalue weighted by Crippen LogP contribution is -2.40. The van der Waals surface area contributed by atoms with Gasteiger partial charge in [-0.25, -0.2) is 4.78 Å². The van der Waals surface area contributed by atoms with Crippen LogP contribution in [-0.4, -0.2) is 75.9 Å². The molecule has 1 heterocycles. The maximum absolute atomic E-state index is 5.99. The Morgan fingerprint density at radius 2 is 1.05 bits per heavy atom. The molecule has 0 atom stereocenters. The molecule has 114 valence electrons. The van der Waals surface area contributed by atoms with Crippen LogP contribution in [0.5, 0.6) is 0 Å². The first-order valence-electron chi connectivity index (χ1n) is 6.70. The van der Waals surface area contributed by atoms with Crippen LogP contribution in [0.4, 0.5) is 0 Å². The van der Waals surface area contributed by atoms with Crippen molar-refractivity contribution < 1.29 is 23.7 Å². The Balaban J connectivity index is 2.10. The molecular formula is C12H26NO4S2+. The van der Waals surface area contributed by atoms with Crippen LogP contribution in [0, 0.1) is 0 Å². The smallest absolute Gasteiger partial charge is 0.0700 e. The fourth-order valence-corrected chi connectivity index (χ4v) is 2.96. The highest BCUT2D eigenvalue weighted by molar-refractivity contribution is 7.99. The molecule has 0 saturated carbocycles. The molecule has 1 aliphatic heterocycles. The third-order valence-corrected chi connectivity index (χ3v) is 4.76. The van der Waals surface area contributed by atoms with Gasteiger partial charge in [0.1, 0.15) is 0 Å². The predicted octanol–water partition coefficient (Wildman–Crippen LogP) is -0.639. The lowest BCUT2D eigenvalue weighted by Gasteiger charge is -2.08. The van der Waals surface area contributed by atoms with Gasteiger partial charge in [-0.1, -0.05) is 0 Å². The summed E-state index contributed by atoms with van der Waals surface area (Å²) in [6, 6.07) is 0. The molecule has 0 aliphatic carbocycles. The van der Waals surface area contributed by atoms with Gasteiger partial charge in [-0.2, -0.15) is 11.8 Å². The number of ether oxygens (including phenoxy) is 4. The predicted molar refractivity (Wildman–Crippen MR) is 79.6 cm³/mol. The van der Waals surface area contributed by atoms with E-state index in [1.54, 1.807) is 0 Å². The molecule has 1 rings (SSSR count). The average molecular weight is 312 g/mol. The summed E-state index contributed by atoms with van der Waals surface area (Å²) in [6.45, 7) is 5.61. The van der Waals surface area contributed by atoms with Crippen molar-refractivity contribution in [3.05, 3.63) is 0 Å². The van der Waals surface area contributed by atoms with Crippen LogP contribution in [-0.2, 0) is 29.6 Å². The monoisotopic (exact) mass is 312 g/mol. The number of nitrogens with two attached hydrogens (primary N) is 1. The minimum Gasteiger partial charge on any atom is -0.378 e. The van der Waals surface area contributed by atoms with E-state index in [1.165, 1.54) is 0 Å². The second kappa shape index (κ2) is 13.3. The number of rotatable bonds is 0. The normalized spacial score (nSPS) is 24.4. The molecule has 0 radical (unpaired) electrons. The standard InChI is InChI=1S/C12H25NO4S2/c13-19-11-7-16-3-1-14-5-9-18-10-6-15-2-4-17-8-12-19/h13H,1-12H2/p+1. The second-order valence-corrected chi connectivity index (χ2v) is 7.12.